The van der Waals surface area contributed by atoms with Crippen molar-refractivity contribution in [3.05, 3.63) is 78.4 Å². The minimum absolute atomic E-state index is 0.0528. The number of carbonyl (C=O) groups excluding carboxylic acids is 2. The normalized spacial score (nSPS) is 14.4. The van der Waals surface area contributed by atoms with Gasteiger partial charge in [-0.1, -0.05) is 67.8 Å². The second-order valence-corrected chi connectivity index (χ2v) is 7.62. The van der Waals surface area contributed by atoms with Gasteiger partial charge in [0.1, 0.15) is 5.75 Å². The van der Waals surface area contributed by atoms with E-state index in [1.54, 1.807) is 13.2 Å². The van der Waals surface area contributed by atoms with Gasteiger partial charge in [-0.2, -0.15) is 0 Å². The molecule has 2 aromatic rings. The third-order valence-electron chi connectivity index (χ3n) is 5.56. The molecule has 1 aliphatic carbocycles. The van der Waals surface area contributed by atoms with Crippen molar-refractivity contribution >= 4 is 11.9 Å². The Labute approximate surface area is 184 Å². The number of hydrogen-bond acceptors (Lipinski definition) is 3. The van der Waals surface area contributed by atoms with E-state index in [0.29, 0.717) is 24.4 Å². The molecule has 3 rings (SSSR count). The number of rotatable bonds is 7. The number of methoxy groups -OCH3 is 1. The Balaban J connectivity index is 0.000000423. The largest absolute Gasteiger partial charge is 0.496 e. The molecule has 0 unspecified atom stereocenters. The molecule has 0 spiro atoms. The number of nitrogens with one attached hydrogen (secondary N) is 2. The average molecular weight is 424 g/mol. The van der Waals surface area contributed by atoms with Crippen molar-refractivity contribution in [2.45, 2.75) is 37.5 Å². The highest BCUT2D eigenvalue weighted by atomic mass is 16.5. The summed E-state index contributed by atoms with van der Waals surface area (Å²) < 4.78 is 5.31. The summed E-state index contributed by atoms with van der Waals surface area (Å²) in [7, 11) is 1.60. The maximum Gasteiger partial charge on any atom is 0.312 e. The predicted molar refractivity (Wildman–Crippen MR) is 124 cm³/mol. The molecule has 1 saturated carbocycles. The molecule has 166 valence electrons. The van der Waals surface area contributed by atoms with Crippen LogP contribution in [0, 0.1) is 0 Å². The third-order valence-corrected chi connectivity index (χ3v) is 5.56. The van der Waals surface area contributed by atoms with Gasteiger partial charge in [0.15, 0.2) is 0 Å². The molecule has 1 aliphatic rings. The van der Waals surface area contributed by atoms with Crippen molar-refractivity contribution < 1.29 is 14.3 Å². The van der Waals surface area contributed by atoms with Crippen molar-refractivity contribution in [1.29, 1.82) is 0 Å². The van der Waals surface area contributed by atoms with Crippen LogP contribution in [-0.2, 0) is 5.41 Å². The van der Waals surface area contributed by atoms with Crippen LogP contribution in [0.1, 0.15) is 48.0 Å². The van der Waals surface area contributed by atoms with E-state index in [-0.39, 0.29) is 11.3 Å². The van der Waals surface area contributed by atoms with Gasteiger partial charge in [-0.05, 0) is 30.5 Å². The lowest BCUT2D eigenvalue weighted by atomic mass is 9.69. The van der Waals surface area contributed by atoms with Gasteiger partial charge in [-0.15, -0.1) is 6.58 Å². The summed E-state index contributed by atoms with van der Waals surface area (Å²) in [6.07, 6.45) is 7.55. The second kappa shape index (κ2) is 12.4. The minimum atomic E-state index is -0.514. The number of para-hydroxylation sites is 1. The van der Waals surface area contributed by atoms with Gasteiger partial charge >= 0.3 is 6.03 Å². The van der Waals surface area contributed by atoms with Crippen LogP contribution in [0.15, 0.2) is 67.3 Å². The fourth-order valence-electron chi connectivity index (χ4n) is 3.94. The van der Waals surface area contributed by atoms with Gasteiger partial charge in [-0.3, -0.25) is 4.79 Å². The number of hydrogen-bond donors (Lipinski definition) is 3. The zero-order valence-corrected chi connectivity index (χ0v) is 18.2. The van der Waals surface area contributed by atoms with Crippen LogP contribution in [0.5, 0.6) is 5.75 Å². The lowest BCUT2D eigenvalue weighted by Crippen LogP contribution is -2.42. The van der Waals surface area contributed by atoms with E-state index >= 15 is 0 Å². The number of ether oxygens (including phenoxy) is 1. The van der Waals surface area contributed by atoms with Crippen LogP contribution in [0.2, 0.25) is 0 Å². The van der Waals surface area contributed by atoms with E-state index in [1.807, 2.05) is 30.3 Å². The van der Waals surface area contributed by atoms with E-state index in [4.69, 9.17) is 4.74 Å². The molecule has 2 aromatic carbocycles. The molecule has 0 saturated heterocycles. The first-order valence-electron chi connectivity index (χ1n) is 10.6. The second-order valence-electron chi connectivity index (χ2n) is 7.62. The van der Waals surface area contributed by atoms with Gasteiger partial charge in [0.25, 0.3) is 5.91 Å². The summed E-state index contributed by atoms with van der Waals surface area (Å²) in [5.74, 6) is 0.556. The van der Waals surface area contributed by atoms with Crippen LogP contribution in [-0.4, -0.2) is 32.1 Å². The molecule has 3 amide bonds. The van der Waals surface area contributed by atoms with Crippen molar-refractivity contribution in [3.8, 4) is 5.75 Å². The molecule has 6 nitrogen and oxygen atoms in total. The summed E-state index contributed by atoms with van der Waals surface area (Å²) in [4.78, 5) is 22.5. The summed E-state index contributed by atoms with van der Waals surface area (Å²) in [5.41, 5.74) is 6.67. The lowest BCUT2D eigenvalue weighted by Gasteiger charge is -2.38. The summed E-state index contributed by atoms with van der Waals surface area (Å²) in [5, 5.41) is 5.48. The molecule has 0 atom stereocenters. The number of primary amides is 1. The van der Waals surface area contributed by atoms with Crippen LogP contribution < -0.4 is 21.1 Å². The van der Waals surface area contributed by atoms with Crippen molar-refractivity contribution in [2.24, 2.45) is 5.73 Å². The molecule has 0 aliphatic heterocycles. The highest BCUT2D eigenvalue weighted by Crippen LogP contribution is 2.39. The fourth-order valence-corrected chi connectivity index (χ4v) is 3.94. The molecule has 6 heteroatoms. The Bertz CT molecular complexity index is 846. The highest BCUT2D eigenvalue weighted by molar-refractivity contribution is 5.96. The maximum absolute atomic E-state index is 12.6. The quantitative estimate of drug-likeness (QED) is 0.584. The maximum atomic E-state index is 12.6. The Hall–Kier alpha value is -3.28. The van der Waals surface area contributed by atoms with E-state index in [1.165, 1.54) is 24.8 Å². The van der Waals surface area contributed by atoms with Gasteiger partial charge < -0.3 is 21.1 Å². The summed E-state index contributed by atoms with van der Waals surface area (Å²) in [6, 6.07) is 17.5. The van der Waals surface area contributed by atoms with E-state index in [2.05, 4.69) is 47.2 Å². The first kappa shape index (κ1) is 24.0. The standard InChI is InChI=1S/C21H25NO2.C4H8N2O/c1-24-19-13-7-6-12-18(19)20(23)22-16-21(14-8-3-9-15-21)17-10-4-2-5-11-17;1-2-3-6-4(5)7/h2,4-7,10-13H,3,8-9,14-16H2,1H3,(H,22,23);2H,1,3H2,(H3,5,6,7). The monoisotopic (exact) mass is 423 g/mol. The Morgan fingerprint density at radius 3 is 2.26 bits per heavy atom. The Morgan fingerprint density at radius 1 is 1.03 bits per heavy atom. The van der Waals surface area contributed by atoms with Crippen LogP contribution in [0.3, 0.4) is 0 Å². The first-order chi connectivity index (χ1) is 15.0. The predicted octanol–water partition coefficient (Wildman–Crippen LogP) is 4.17. The molecule has 4 N–H and O–H groups in total. The highest BCUT2D eigenvalue weighted by Gasteiger charge is 2.34. The van der Waals surface area contributed by atoms with Gasteiger partial charge in [-0.25, -0.2) is 4.79 Å². The number of urea groups is 1. The molecule has 0 bridgehead atoms. The van der Waals surface area contributed by atoms with Crippen molar-refractivity contribution in [3.63, 3.8) is 0 Å². The number of carbonyl (C=O) groups is 2. The number of nitrogens with two attached hydrogens (primary N) is 1. The molecule has 1 fully saturated rings. The van der Waals surface area contributed by atoms with Crippen LogP contribution >= 0.6 is 0 Å². The molecular formula is C25H33N3O3. The topological polar surface area (TPSA) is 93.4 Å². The molecular weight excluding hydrogens is 390 g/mol. The summed E-state index contributed by atoms with van der Waals surface area (Å²) >= 11 is 0. The van der Waals surface area contributed by atoms with Gasteiger partial charge in [0.05, 0.1) is 12.7 Å². The molecule has 0 aromatic heterocycles. The smallest absolute Gasteiger partial charge is 0.312 e. The van der Waals surface area contributed by atoms with Crippen LogP contribution in [0.25, 0.3) is 0 Å². The zero-order valence-electron chi connectivity index (χ0n) is 18.2. The first-order valence-corrected chi connectivity index (χ1v) is 10.6. The van der Waals surface area contributed by atoms with Crippen molar-refractivity contribution in [1.82, 2.24) is 10.6 Å². The summed E-state index contributed by atoms with van der Waals surface area (Å²) in [6.45, 7) is 4.48. The van der Waals surface area contributed by atoms with E-state index < -0.39 is 6.03 Å². The Kier molecular flexibility index (Phi) is 9.62. The molecule has 31 heavy (non-hydrogen) atoms. The molecule has 0 radical (unpaired) electrons. The SMILES string of the molecule is C=CCNC(N)=O.COc1ccccc1C(=O)NCC1(c2ccccc2)CCCCC1. The van der Waals surface area contributed by atoms with Crippen LogP contribution in [0.4, 0.5) is 4.79 Å². The van der Waals surface area contributed by atoms with Crippen molar-refractivity contribution in [2.75, 3.05) is 20.2 Å². The number of benzene rings is 2. The zero-order chi connectivity index (χ0) is 22.5. The Morgan fingerprint density at radius 2 is 1.68 bits per heavy atom. The lowest BCUT2D eigenvalue weighted by molar-refractivity contribution is 0.0933. The third kappa shape index (κ3) is 7.17. The molecule has 0 heterocycles. The number of amides is 3. The fraction of sp³-hybridized carbons (Fsp3) is 0.360. The average Bonchev–Trinajstić information content (AvgIpc) is 2.82. The van der Waals surface area contributed by atoms with E-state index in [0.717, 1.165) is 12.8 Å². The van der Waals surface area contributed by atoms with Gasteiger partial charge in [0.2, 0.25) is 0 Å². The minimum Gasteiger partial charge on any atom is -0.496 e. The van der Waals surface area contributed by atoms with E-state index in [9.17, 15) is 9.59 Å². The van der Waals surface area contributed by atoms with Gasteiger partial charge in [0, 0.05) is 18.5 Å².